The van der Waals surface area contributed by atoms with Gasteiger partial charge in [-0.1, -0.05) is 35.0 Å². The molecule has 1 aromatic carbocycles. The number of likely N-dealkylation sites (N-methyl/N-ethyl adjacent to an activating group) is 1. The van der Waals surface area contributed by atoms with Crippen LogP contribution >= 0.6 is 15.9 Å². The smallest absolute Gasteiger partial charge is 0.121 e. The van der Waals surface area contributed by atoms with Crippen LogP contribution in [0, 0.1) is 0 Å². The molecule has 1 aromatic heterocycles. The average Bonchev–Trinajstić information content (AvgIpc) is 2.82. The highest BCUT2D eigenvalue weighted by molar-refractivity contribution is 9.10. The monoisotopic (exact) mass is 293 g/mol. The summed E-state index contributed by atoms with van der Waals surface area (Å²) in [5, 5.41) is 3.44. The number of benzene rings is 1. The van der Waals surface area contributed by atoms with Gasteiger partial charge in [0.15, 0.2) is 0 Å². The van der Waals surface area contributed by atoms with E-state index in [1.165, 1.54) is 5.56 Å². The van der Waals surface area contributed by atoms with Crippen LogP contribution in [0.2, 0.25) is 0 Å². The van der Waals surface area contributed by atoms with E-state index in [1.54, 1.807) is 6.26 Å². The first-order valence-corrected chi connectivity index (χ1v) is 6.60. The van der Waals surface area contributed by atoms with Gasteiger partial charge in [-0.15, -0.1) is 0 Å². The van der Waals surface area contributed by atoms with Crippen molar-refractivity contribution in [1.82, 2.24) is 5.32 Å². The highest BCUT2D eigenvalue weighted by Gasteiger charge is 2.13. The molecule has 1 heterocycles. The summed E-state index contributed by atoms with van der Waals surface area (Å²) >= 11 is 3.50. The molecule has 0 bridgehead atoms. The van der Waals surface area contributed by atoms with Crippen LogP contribution in [-0.2, 0) is 6.42 Å². The summed E-state index contributed by atoms with van der Waals surface area (Å²) < 4.78 is 6.59. The number of furan rings is 1. The molecule has 2 rings (SSSR count). The lowest BCUT2D eigenvalue weighted by molar-refractivity contribution is 0.416. The molecule has 0 fully saturated rings. The van der Waals surface area contributed by atoms with Crippen LogP contribution in [0.4, 0.5) is 0 Å². The molecule has 1 atom stereocenters. The third-order valence-electron chi connectivity index (χ3n) is 2.67. The Hall–Kier alpha value is -1.06. The molecular weight excluding hydrogens is 278 g/mol. The van der Waals surface area contributed by atoms with E-state index in [9.17, 15) is 0 Å². The van der Waals surface area contributed by atoms with Crippen LogP contribution in [0.1, 0.15) is 24.3 Å². The Kier molecular flexibility index (Phi) is 4.40. The van der Waals surface area contributed by atoms with Gasteiger partial charge in [0.05, 0.1) is 12.3 Å². The molecule has 1 N–H and O–H groups in total. The molecule has 0 saturated carbocycles. The molecule has 0 aliphatic heterocycles. The molecule has 0 aliphatic carbocycles. The molecule has 3 heteroatoms. The second-order valence-electron chi connectivity index (χ2n) is 3.96. The van der Waals surface area contributed by atoms with Crippen LogP contribution in [0.3, 0.4) is 0 Å². The van der Waals surface area contributed by atoms with E-state index in [0.29, 0.717) is 0 Å². The van der Waals surface area contributed by atoms with Crippen molar-refractivity contribution < 1.29 is 4.42 Å². The molecule has 17 heavy (non-hydrogen) atoms. The van der Waals surface area contributed by atoms with Crippen molar-refractivity contribution in [3.63, 3.8) is 0 Å². The standard InChI is InChI=1S/C14H16BrNO/c1-2-16-13(14-7-4-8-17-14)10-11-5-3-6-12(15)9-11/h3-9,13,16H,2,10H2,1H3. The first kappa shape index (κ1) is 12.4. The molecule has 0 radical (unpaired) electrons. The predicted octanol–water partition coefficient (Wildman–Crippen LogP) is 3.94. The van der Waals surface area contributed by atoms with Crippen molar-refractivity contribution in [1.29, 1.82) is 0 Å². The van der Waals surface area contributed by atoms with E-state index in [-0.39, 0.29) is 6.04 Å². The van der Waals surface area contributed by atoms with E-state index in [4.69, 9.17) is 4.42 Å². The lowest BCUT2D eigenvalue weighted by atomic mass is 10.0. The van der Waals surface area contributed by atoms with Gasteiger partial charge in [0, 0.05) is 4.47 Å². The summed E-state index contributed by atoms with van der Waals surface area (Å²) in [5.74, 6) is 0.992. The minimum atomic E-state index is 0.240. The van der Waals surface area contributed by atoms with Crippen LogP contribution in [0.15, 0.2) is 51.6 Å². The fourth-order valence-corrected chi connectivity index (χ4v) is 2.36. The molecule has 0 saturated heterocycles. The zero-order chi connectivity index (χ0) is 12.1. The van der Waals surface area contributed by atoms with Gasteiger partial charge in [0.25, 0.3) is 0 Å². The van der Waals surface area contributed by atoms with Crippen molar-refractivity contribution in [3.05, 3.63) is 58.5 Å². The Bertz CT molecular complexity index is 453. The maximum atomic E-state index is 5.48. The Morgan fingerprint density at radius 1 is 1.29 bits per heavy atom. The number of hydrogen-bond acceptors (Lipinski definition) is 2. The molecule has 2 nitrogen and oxygen atoms in total. The Morgan fingerprint density at radius 3 is 2.82 bits per heavy atom. The quantitative estimate of drug-likeness (QED) is 0.903. The van der Waals surface area contributed by atoms with Gasteiger partial charge in [-0.05, 0) is 42.8 Å². The summed E-state index contributed by atoms with van der Waals surface area (Å²) in [4.78, 5) is 0. The third kappa shape index (κ3) is 3.45. The van der Waals surface area contributed by atoms with Gasteiger partial charge in [-0.3, -0.25) is 0 Å². The topological polar surface area (TPSA) is 25.2 Å². The number of hydrogen-bond donors (Lipinski definition) is 1. The number of nitrogens with one attached hydrogen (secondary N) is 1. The normalized spacial score (nSPS) is 12.6. The van der Waals surface area contributed by atoms with Crippen LogP contribution in [0.5, 0.6) is 0 Å². The molecule has 1 unspecified atom stereocenters. The van der Waals surface area contributed by atoms with Crippen LogP contribution in [0.25, 0.3) is 0 Å². The van der Waals surface area contributed by atoms with Crippen LogP contribution in [-0.4, -0.2) is 6.54 Å². The van der Waals surface area contributed by atoms with Crippen molar-refractivity contribution in [2.45, 2.75) is 19.4 Å². The largest absolute Gasteiger partial charge is 0.468 e. The van der Waals surface area contributed by atoms with Gasteiger partial charge in [0.2, 0.25) is 0 Å². The zero-order valence-corrected chi connectivity index (χ0v) is 11.4. The van der Waals surface area contributed by atoms with E-state index < -0.39 is 0 Å². The van der Waals surface area contributed by atoms with E-state index in [0.717, 1.165) is 23.2 Å². The zero-order valence-electron chi connectivity index (χ0n) is 9.82. The fourth-order valence-electron chi connectivity index (χ4n) is 1.91. The molecule has 0 spiro atoms. The fraction of sp³-hybridized carbons (Fsp3) is 0.286. The molecule has 90 valence electrons. The van der Waals surface area contributed by atoms with Crippen molar-refractivity contribution in [3.8, 4) is 0 Å². The Balaban J connectivity index is 2.13. The highest BCUT2D eigenvalue weighted by Crippen LogP contribution is 2.20. The first-order chi connectivity index (χ1) is 8.29. The second kappa shape index (κ2) is 6.03. The van der Waals surface area contributed by atoms with Crippen molar-refractivity contribution in [2.75, 3.05) is 6.54 Å². The van der Waals surface area contributed by atoms with Crippen molar-refractivity contribution in [2.24, 2.45) is 0 Å². The number of halogens is 1. The maximum Gasteiger partial charge on any atom is 0.121 e. The van der Waals surface area contributed by atoms with Gasteiger partial charge < -0.3 is 9.73 Å². The minimum absolute atomic E-state index is 0.240. The average molecular weight is 294 g/mol. The third-order valence-corrected chi connectivity index (χ3v) is 3.16. The molecule has 0 aliphatic rings. The van der Waals surface area contributed by atoms with Gasteiger partial charge in [-0.2, -0.15) is 0 Å². The predicted molar refractivity (Wildman–Crippen MR) is 73.0 cm³/mol. The summed E-state index contributed by atoms with van der Waals surface area (Å²) in [5.41, 5.74) is 1.29. The SMILES string of the molecule is CCNC(Cc1cccc(Br)c1)c1ccco1. The summed E-state index contributed by atoms with van der Waals surface area (Å²) in [6.07, 6.45) is 2.65. The molecular formula is C14H16BrNO. The number of rotatable bonds is 5. The van der Waals surface area contributed by atoms with E-state index >= 15 is 0 Å². The molecule has 2 aromatic rings. The summed E-state index contributed by atoms with van der Waals surface area (Å²) in [6, 6.07) is 12.6. The lowest BCUT2D eigenvalue weighted by Gasteiger charge is -2.15. The Labute approximate surface area is 110 Å². The van der Waals surface area contributed by atoms with Gasteiger partial charge >= 0.3 is 0 Å². The lowest BCUT2D eigenvalue weighted by Crippen LogP contribution is -2.22. The second-order valence-corrected chi connectivity index (χ2v) is 4.88. The van der Waals surface area contributed by atoms with Gasteiger partial charge in [0.1, 0.15) is 5.76 Å². The van der Waals surface area contributed by atoms with E-state index in [2.05, 4.69) is 46.4 Å². The summed E-state index contributed by atoms with van der Waals surface area (Å²) in [6.45, 7) is 3.04. The van der Waals surface area contributed by atoms with Gasteiger partial charge in [-0.25, -0.2) is 0 Å². The Morgan fingerprint density at radius 2 is 2.18 bits per heavy atom. The highest BCUT2D eigenvalue weighted by atomic mass is 79.9. The van der Waals surface area contributed by atoms with Crippen LogP contribution < -0.4 is 5.32 Å². The first-order valence-electron chi connectivity index (χ1n) is 5.81. The van der Waals surface area contributed by atoms with E-state index in [1.807, 2.05) is 18.2 Å². The minimum Gasteiger partial charge on any atom is -0.468 e. The van der Waals surface area contributed by atoms with Crippen molar-refractivity contribution >= 4 is 15.9 Å². The maximum absolute atomic E-state index is 5.48. The summed E-state index contributed by atoms with van der Waals surface area (Å²) in [7, 11) is 0. The molecule has 0 amide bonds.